The zero-order valence-corrected chi connectivity index (χ0v) is 11.7. The minimum absolute atomic E-state index is 0.0270. The molecule has 1 aliphatic rings. The van der Waals surface area contributed by atoms with Crippen LogP contribution in [0.4, 0.5) is 0 Å². The molecule has 0 bridgehead atoms. The van der Waals surface area contributed by atoms with Crippen molar-refractivity contribution in [2.45, 2.75) is 39.0 Å². The molecule has 0 aliphatic heterocycles. The van der Waals surface area contributed by atoms with Gasteiger partial charge in [-0.2, -0.15) is 0 Å². The van der Waals surface area contributed by atoms with Crippen molar-refractivity contribution < 1.29 is 9.00 Å². The molecular formula is C15H20O2S. The molecule has 0 saturated carbocycles. The fraction of sp³-hybridized carbons (Fsp3) is 0.533. The van der Waals surface area contributed by atoms with Crippen LogP contribution < -0.4 is 0 Å². The first kappa shape index (κ1) is 13.5. The molecule has 1 aromatic carbocycles. The topological polar surface area (TPSA) is 34.1 Å². The summed E-state index contributed by atoms with van der Waals surface area (Å²) in [7, 11) is -0.998. The van der Waals surface area contributed by atoms with Crippen molar-refractivity contribution in [3.05, 3.63) is 34.9 Å². The van der Waals surface area contributed by atoms with Gasteiger partial charge in [-0.15, -0.1) is 0 Å². The van der Waals surface area contributed by atoms with E-state index in [2.05, 4.69) is 13.0 Å². The van der Waals surface area contributed by atoms with E-state index in [1.165, 1.54) is 17.5 Å². The van der Waals surface area contributed by atoms with Crippen molar-refractivity contribution in [1.29, 1.82) is 0 Å². The number of unbranched alkanes of at least 4 members (excludes halogenated alkanes) is 1. The normalized spacial score (nSPS) is 15.4. The van der Waals surface area contributed by atoms with Crippen LogP contribution in [0.3, 0.4) is 0 Å². The van der Waals surface area contributed by atoms with Crippen molar-refractivity contribution in [2.75, 3.05) is 11.5 Å². The van der Waals surface area contributed by atoms with Crippen LogP contribution in [0.5, 0.6) is 0 Å². The van der Waals surface area contributed by atoms with E-state index in [0.717, 1.165) is 31.2 Å². The zero-order chi connectivity index (χ0) is 13.0. The van der Waals surface area contributed by atoms with Gasteiger partial charge in [-0.05, 0) is 42.9 Å². The Hall–Kier alpha value is -0.960. The van der Waals surface area contributed by atoms with E-state index in [1.54, 1.807) is 0 Å². The molecule has 0 amide bonds. The predicted molar refractivity (Wildman–Crippen MR) is 75.6 cm³/mol. The van der Waals surface area contributed by atoms with E-state index in [1.807, 2.05) is 12.1 Å². The number of ketones is 1. The molecule has 1 aliphatic carbocycles. The predicted octanol–water partition coefficient (Wildman–Crippen LogP) is 2.91. The summed E-state index contributed by atoms with van der Waals surface area (Å²) in [6, 6.07) is 5.95. The summed E-state index contributed by atoms with van der Waals surface area (Å²) >= 11 is 0. The molecule has 2 nitrogen and oxygen atoms in total. The molecule has 0 spiro atoms. The number of hydrogen-bond acceptors (Lipinski definition) is 2. The molecule has 18 heavy (non-hydrogen) atoms. The summed E-state index contributed by atoms with van der Waals surface area (Å²) in [5.74, 6) is 0.852. The Labute approximate surface area is 111 Å². The average molecular weight is 264 g/mol. The Morgan fingerprint density at radius 1 is 1.28 bits per heavy atom. The standard InChI is InChI=1S/C15H20O2S/c1-2-3-9-18(17)11-15(16)14-8-7-12-5-4-6-13(12)10-14/h7-8,10H,2-6,9,11H2,1H3. The fourth-order valence-corrected chi connectivity index (χ4v) is 3.57. The highest BCUT2D eigenvalue weighted by Gasteiger charge is 2.15. The van der Waals surface area contributed by atoms with Gasteiger partial charge in [0.2, 0.25) is 0 Å². The van der Waals surface area contributed by atoms with Crippen LogP contribution in [0.1, 0.15) is 47.7 Å². The highest BCUT2D eigenvalue weighted by Crippen LogP contribution is 2.23. The van der Waals surface area contributed by atoms with Gasteiger partial charge < -0.3 is 0 Å². The van der Waals surface area contributed by atoms with E-state index in [4.69, 9.17) is 0 Å². The molecule has 0 fully saturated rings. The molecule has 0 radical (unpaired) electrons. The molecule has 1 atom stereocenters. The van der Waals surface area contributed by atoms with Crippen molar-refractivity contribution in [3.8, 4) is 0 Å². The first-order chi connectivity index (χ1) is 8.70. The van der Waals surface area contributed by atoms with Crippen LogP contribution >= 0.6 is 0 Å². The average Bonchev–Trinajstić information content (AvgIpc) is 2.83. The van der Waals surface area contributed by atoms with E-state index < -0.39 is 10.8 Å². The second-order valence-corrected chi connectivity index (χ2v) is 6.48. The van der Waals surface area contributed by atoms with Gasteiger partial charge in [-0.3, -0.25) is 9.00 Å². The van der Waals surface area contributed by atoms with E-state index in [-0.39, 0.29) is 11.5 Å². The number of Topliss-reactive ketones (excluding diaryl/α,β-unsaturated/α-hetero) is 1. The van der Waals surface area contributed by atoms with Gasteiger partial charge in [0, 0.05) is 22.1 Å². The summed E-state index contributed by atoms with van der Waals surface area (Å²) in [4.78, 5) is 12.0. The maximum absolute atomic E-state index is 12.0. The van der Waals surface area contributed by atoms with Crippen LogP contribution in [0.25, 0.3) is 0 Å². The molecule has 1 unspecified atom stereocenters. The maximum Gasteiger partial charge on any atom is 0.175 e. The number of hydrogen-bond donors (Lipinski definition) is 0. The van der Waals surface area contributed by atoms with Gasteiger partial charge in [0.15, 0.2) is 5.78 Å². The largest absolute Gasteiger partial charge is 0.293 e. The van der Waals surface area contributed by atoms with Gasteiger partial charge in [0.25, 0.3) is 0 Å². The fourth-order valence-electron chi connectivity index (χ4n) is 2.35. The summed E-state index contributed by atoms with van der Waals surface area (Å²) in [6.07, 6.45) is 5.36. The highest BCUT2D eigenvalue weighted by molar-refractivity contribution is 7.85. The minimum Gasteiger partial charge on any atom is -0.293 e. The molecular weight excluding hydrogens is 244 g/mol. The lowest BCUT2D eigenvalue weighted by Gasteiger charge is -2.04. The molecule has 0 saturated heterocycles. The van der Waals surface area contributed by atoms with E-state index in [9.17, 15) is 9.00 Å². The molecule has 0 aromatic heterocycles. The van der Waals surface area contributed by atoms with Crippen LogP contribution in [0.15, 0.2) is 18.2 Å². The molecule has 2 rings (SSSR count). The second-order valence-electron chi connectivity index (χ2n) is 4.90. The quantitative estimate of drug-likeness (QED) is 0.740. The third-order valence-electron chi connectivity index (χ3n) is 3.44. The van der Waals surface area contributed by atoms with Crippen LogP contribution in [0, 0.1) is 0 Å². The lowest BCUT2D eigenvalue weighted by Crippen LogP contribution is -2.13. The monoisotopic (exact) mass is 264 g/mol. The Kier molecular flexibility index (Phi) is 4.70. The maximum atomic E-state index is 12.0. The smallest absolute Gasteiger partial charge is 0.175 e. The molecule has 1 aromatic rings. The summed E-state index contributed by atoms with van der Waals surface area (Å²) < 4.78 is 11.7. The zero-order valence-electron chi connectivity index (χ0n) is 10.9. The van der Waals surface area contributed by atoms with Gasteiger partial charge in [-0.1, -0.05) is 25.5 Å². The molecule has 98 valence electrons. The summed E-state index contributed by atoms with van der Waals surface area (Å²) in [5.41, 5.74) is 3.42. The van der Waals surface area contributed by atoms with Crippen molar-refractivity contribution in [2.24, 2.45) is 0 Å². The first-order valence-electron chi connectivity index (χ1n) is 6.70. The number of carbonyl (C=O) groups is 1. The van der Waals surface area contributed by atoms with Crippen molar-refractivity contribution >= 4 is 16.6 Å². The van der Waals surface area contributed by atoms with Gasteiger partial charge in [0.1, 0.15) is 0 Å². The highest BCUT2D eigenvalue weighted by atomic mass is 32.2. The number of benzene rings is 1. The number of fused-ring (bicyclic) bond motifs is 1. The van der Waals surface area contributed by atoms with Gasteiger partial charge in [-0.25, -0.2) is 0 Å². The molecule has 3 heteroatoms. The number of aryl methyl sites for hydroxylation is 2. The second kappa shape index (κ2) is 6.28. The summed E-state index contributed by atoms with van der Waals surface area (Å²) in [5, 5.41) is 0. The van der Waals surface area contributed by atoms with Crippen molar-refractivity contribution in [1.82, 2.24) is 0 Å². The third kappa shape index (κ3) is 3.29. The minimum atomic E-state index is -0.998. The van der Waals surface area contributed by atoms with Crippen LogP contribution in [-0.4, -0.2) is 21.5 Å². The molecule has 0 heterocycles. The Morgan fingerprint density at radius 3 is 2.83 bits per heavy atom. The van der Waals surface area contributed by atoms with Gasteiger partial charge >= 0.3 is 0 Å². The Morgan fingerprint density at radius 2 is 2.06 bits per heavy atom. The third-order valence-corrected chi connectivity index (χ3v) is 4.77. The summed E-state index contributed by atoms with van der Waals surface area (Å²) in [6.45, 7) is 2.07. The lowest BCUT2D eigenvalue weighted by atomic mass is 10.0. The number of carbonyl (C=O) groups excluding carboxylic acids is 1. The first-order valence-corrected chi connectivity index (χ1v) is 8.19. The van der Waals surface area contributed by atoms with Crippen LogP contribution in [0.2, 0.25) is 0 Å². The van der Waals surface area contributed by atoms with E-state index >= 15 is 0 Å². The van der Waals surface area contributed by atoms with Crippen LogP contribution in [-0.2, 0) is 23.6 Å². The Bertz CT molecular complexity index is 466. The molecule has 0 N–H and O–H groups in total. The van der Waals surface area contributed by atoms with Crippen molar-refractivity contribution in [3.63, 3.8) is 0 Å². The Balaban J connectivity index is 1.99. The SMILES string of the molecule is CCCCS(=O)CC(=O)c1ccc2c(c1)CCC2. The lowest BCUT2D eigenvalue weighted by molar-refractivity contribution is 0.102. The number of rotatable bonds is 6. The van der Waals surface area contributed by atoms with E-state index in [0.29, 0.717) is 5.75 Å². The van der Waals surface area contributed by atoms with Gasteiger partial charge in [0.05, 0.1) is 5.75 Å².